The molecule has 0 radical (unpaired) electrons. The summed E-state index contributed by atoms with van der Waals surface area (Å²) in [4.78, 5) is 29.2. The maximum absolute atomic E-state index is 14.4. The van der Waals surface area contributed by atoms with Gasteiger partial charge in [0.2, 0.25) is 0 Å². The van der Waals surface area contributed by atoms with Crippen molar-refractivity contribution in [2.75, 3.05) is 20.8 Å². The summed E-state index contributed by atoms with van der Waals surface area (Å²) in [6.45, 7) is 7.89. The molecule has 1 amide bonds. The second-order valence-corrected chi connectivity index (χ2v) is 12.8. The van der Waals surface area contributed by atoms with Crippen LogP contribution in [-0.2, 0) is 30.4 Å². The Morgan fingerprint density at radius 2 is 1.64 bits per heavy atom. The number of rotatable bonds is 12. The summed E-state index contributed by atoms with van der Waals surface area (Å²) in [6.07, 6.45) is -1.37. The molecule has 4 atom stereocenters. The number of methoxy groups -OCH3 is 2. The van der Waals surface area contributed by atoms with Crippen molar-refractivity contribution in [3.63, 3.8) is 0 Å². The van der Waals surface area contributed by atoms with E-state index in [1.807, 2.05) is 60.4 Å². The van der Waals surface area contributed by atoms with Gasteiger partial charge in [0.1, 0.15) is 17.8 Å². The van der Waals surface area contributed by atoms with Crippen molar-refractivity contribution in [3.05, 3.63) is 93.5 Å². The van der Waals surface area contributed by atoms with Crippen LogP contribution in [0.2, 0.25) is 10.0 Å². The van der Waals surface area contributed by atoms with E-state index in [9.17, 15) is 9.59 Å². The third-order valence-corrected chi connectivity index (χ3v) is 7.97. The second kappa shape index (κ2) is 15.3. The van der Waals surface area contributed by atoms with Crippen molar-refractivity contribution in [2.45, 2.75) is 77.0 Å². The van der Waals surface area contributed by atoms with E-state index in [0.717, 1.165) is 16.7 Å². The molecule has 10 heteroatoms. The van der Waals surface area contributed by atoms with Gasteiger partial charge in [-0.2, -0.15) is 0 Å². The molecule has 1 fully saturated rings. The number of esters is 1. The Balaban J connectivity index is 1.70. The quantitative estimate of drug-likeness (QED) is 0.184. The van der Waals surface area contributed by atoms with Crippen LogP contribution in [-0.4, -0.2) is 55.3 Å². The maximum atomic E-state index is 14.4. The topological polar surface area (TPSA) is 83.5 Å². The Morgan fingerprint density at radius 3 is 2.27 bits per heavy atom. The van der Waals surface area contributed by atoms with Gasteiger partial charge in [0.05, 0.1) is 45.9 Å². The zero-order chi connectivity index (χ0) is 32.7. The molecule has 0 spiro atoms. The van der Waals surface area contributed by atoms with E-state index in [2.05, 4.69) is 0 Å². The van der Waals surface area contributed by atoms with Gasteiger partial charge in [-0.3, -0.25) is 9.59 Å². The highest BCUT2D eigenvalue weighted by Gasteiger charge is 2.47. The number of morpholine rings is 1. The molecule has 0 aromatic heterocycles. The monoisotopic (exact) mass is 657 g/mol. The lowest BCUT2D eigenvalue weighted by Gasteiger charge is -2.48. The highest BCUT2D eigenvalue weighted by Crippen LogP contribution is 2.45. The summed E-state index contributed by atoms with van der Waals surface area (Å²) in [5.41, 5.74) is 1.78. The molecule has 1 saturated heterocycles. The number of ether oxygens (including phenoxy) is 5. The first-order valence-electron chi connectivity index (χ1n) is 14.9. The molecule has 1 heterocycles. The van der Waals surface area contributed by atoms with Gasteiger partial charge in [-0.1, -0.05) is 60.5 Å². The average Bonchev–Trinajstić information content (AvgIpc) is 3.00. The van der Waals surface area contributed by atoms with Crippen molar-refractivity contribution in [2.24, 2.45) is 0 Å². The zero-order valence-corrected chi connectivity index (χ0v) is 28.1. The van der Waals surface area contributed by atoms with Gasteiger partial charge in [-0.15, -0.1) is 0 Å². The number of hydrogen-bond acceptors (Lipinski definition) is 7. The summed E-state index contributed by atoms with van der Waals surface area (Å²) in [5.74, 6) is 0.389. The lowest BCUT2D eigenvalue weighted by atomic mass is 9.89. The van der Waals surface area contributed by atoms with E-state index in [0.29, 0.717) is 34.6 Å². The molecular weight excluding hydrogens is 617 g/mol. The Kier molecular flexibility index (Phi) is 11.8. The Bertz CT molecular complexity index is 1460. The molecule has 1 aliphatic rings. The van der Waals surface area contributed by atoms with Gasteiger partial charge in [0, 0.05) is 10.0 Å². The minimum absolute atomic E-state index is 0.236. The van der Waals surface area contributed by atoms with Crippen molar-refractivity contribution in [1.29, 1.82) is 0 Å². The largest absolute Gasteiger partial charge is 0.493 e. The van der Waals surface area contributed by atoms with E-state index >= 15 is 0 Å². The summed E-state index contributed by atoms with van der Waals surface area (Å²) in [5, 5.41) is 1.10. The predicted octanol–water partition coefficient (Wildman–Crippen LogP) is 7.75. The first-order valence-corrected chi connectivity index (χ1v) is 15.7. The molecule has 45 heavy (non-hydrogen) atoms. The van der Waals surface area contributed by atoms with Crippen LogP contribution in [0.5, 0.6) is 11.5 Å². The molecule has 0 N–H and O–H groups in total. The van der Waals surface area contributed by atoms with Gasteiger partial charge in [-0.25, -0.2) is 0 Å². The zero-order valence-electron chi connectivity index (χ0n) is 26.5. The molecule has 0 bridgehead atoms. The van der Waals surface area contributed by atoms with E-state index in [1.54, 1.807) is 53.2 Å². The third-order valence-electron chi connectivity index (χ3n) is 7.48. The van der Waals surface area contributed by atoms with Crippen molar-refractivity contribution in [1.82, 2.24) is 4.90 Å². The number of nitrogens with zero attached hydrogens (tertiary/aromatic N) is 1. The van der Waals surface area contributed by atoms with E-state index in [4.69, 9.17) is 46.9 Å². The molecular formula is C35H41Cl2NO7. The predicted molar refractivity (Wildman–Crippen MR) is 174 cm³/mol. The molecule has 3 aromatic carbocycles. The lowest BCUT2D eigenvalue weighted by molar-refractivity contribution is -0.188. The minimum Gasteiger partial charge on any atom is -0.493 e. The lowest BCUT2D eigenvalue weighted by Crippen LogP contribution is -2.56. The van der Waals surface area contributed by atoms with Gasteiger partial charge in [0.15, 0.2) is 11.5 Å². The fourth-order valence-electron chi connectivity index (χ4n) is 5.45. The van der Waals surface area contributed by atoms with Crippen molar-refractivity contribution < 1.29 is 33.3 Å². The van der Waals surface area contributed by atoms with Crippen LogP contribution < -0.4 is 9.47 Å². The summed E-state index contributed by atoms with van der Waals surface area (Å²) in [7, 11) is 3.17. The molecule has 0 saturated carbocycles. The number of carbonyl (C=O) groups excluding carboxylic acids is 2. The van der Waals surface area contributed by atoms with Gasteiger partial charge >= 0.3 is 5.97 Å². The van der Waals surface area contributed by atoms with Crippen LogP contribution in [0.15, 0.2) is 66.7 Å². The van der Waals surface area contributed by atoms with Crippen LogP contribution in [0.25, 0.3) is 0 Å². The summed E-state index contributed by atoms with van der Waals surface area (Å²) >= 11 is 12.7. The Labute approximate surface area is 275 Å². The second-order valence-electron chi connectivity index (χ2n) is 11.9. The van der Waals surface area contributed by atoms with Crippen LogP contribution in [0, 0.1) is 0 Å². The molecule has 0 unspecified atom stereocenters. The Hall–Kier alpha value is -3.30. The maximum Gasteiger partial charge on any atom is 0.309 e. The number of amides is 1. The van der Waals surface area contributed by atoms with Crippen molar-refractivity contribution >= 4 is 35.1 Å². The normalized spacial score (nSPS) is 19.2. The van der Waals surface area contributed by atoms with Crippen molar-refractivity contribution in [3.8, 4) is 11.5 Å². The number of carbonyl (C=O) groups is 2. The fourth-order valence-corrected chi connectivity index (χ4v) is 5.78. The molecule has 242 valence electrons. The first kappa shape index (κ1) is 34.6. The van der Waals surface area contributed by atoms with E-state index in [1.165, 1.54) is 0 Å². The van der Waals surface area contributed by atoms with Crippen LogP contribution in [0.3, 0.4) is 0 Å². The van der Waals surface area contributed by atoms with E-state index in [-0.39, 0.29) is 25.0 Å². The SMILES string of the molecule is CC[C@@H](COCc1ccc(OC)c(OC)c1)N1C(=O)[C@@H](CC(=O)OC(C)(C)C)O[C@@H](c2cccc(Cl)c2)[C@H]1c1ccc(Cl)cc1. The fraction of sp³-hybridized carbons (Fsp3) is 0.429. The summed E-state index contributed by atoms with van der Waals surface area (Å²) in [6, 6.07) is 19.4. The van der Waals surface area contributed by atoms with Gasteiger partial charge in [-0.05, 0) is 80.3 Å². The van der Waals surface area contributed by atoms with Gasteiger partial charge < -0.3 is 28.6 Å². The first-order chi connectivity index (χ1) is 21.4. The number of hydrogen-bond donors (Lipinski definition) is 0. The van der Waals surface area contributed by atoms with E-state index < -0.39 is 29.8 Å². The highest BCUT2D eigenvalue weighted by atomic mass is 35.5. The molecule has 1 aliphatic heterocycles. The summed E-state index contributed by atoms with van der Waals surface area (Å²) < 4.78 is 29.1. The van der Waals surface area contributed by atoms with Gasteiger partial charge in [0.25, 0.3) is 5.91 Å². The smallest absolute Gasteiger partial charge is 0.309 e. The highest BCUT2D eigenvalue weighted by molar-refractivity contribution is 6.30. The van der Waals surface area contributed by atoms with Crippen LogP contribution >= 0.6 is 23.2 Å². The average molecular weight is 659 g/mol. The molecule has 4 rings (SSSR count). The standard InChI is InChI=1S/C35H41Cl2NO7/c1-7-27(21-43-20-22-11-16-28(41-5)29(17-22)42-6)38-32(23-12-14-25(36)15-13-23)33(24-9-8-10-26(37)18-24)44-30(34(38)40)19-31(39)45-35(2,3)4/h8-18,27,30,32-33H,7,19-21H2,1-6H3/t27-,30+,32+,33-/m0/s1. The number of halogens is 2. The van der Waals surface area contributed by atoms with Crippen LogP contribution in [0.4, 0.5) is 0 Å². The Morgan fingerprint density at radius 1 is 0.933 bits per heavy atom. The molecule has 0 aliphatic carbocycles. The third kappa shape index (κ3) is 8.91. The van der Waals surface area contributed by atoms with Crippen LogP contribution in [0.1, 0.15) is 69.4 Å². The molecule has 3 aromatic rings. The number of benzene rings is 3. The minimum atomic E-state index is -1.08. The molecule has 8 nitrogen and oxygen atoms in total.